The molecular weight excluding hydrogens is 232 g/mol. The van der Waals surface area contributed by atoms with E-state index in [0.717, 1.165) is 12.1 Å². The van der Waals surface area contributed by atoms with Crippen molar-refractivity contribution < 1.29 is 23.4 Å². The first-order valence-corrected chi connectivity index (χ1v) is 5.07. The highest BCUT2D eigenvalue weighted by Crippen LogP contribution is 2.08. The van der Waals surface area contributed by atoms with E-state index in [9.17, 15) is 13.6 Å². The molecule has 0 fully saturated rings. The van der Waals surface area contributed by atoms with Crippen molar-refractivity contribution in [3.63, 3.8) is 0 Å². The first kappa shape index (κ1) is 13.5. The third kappa shape index (κ3) is 4.46. The maximum absolute atomic E-state index is 13.2. The van der Waals surface area contributed by atoms with E-state index in [2.05, 4.69) is 5.32 Å². The molecule has 0 radical (unpaired) electrons. The van der Waals surface area contributed by atoms with Gasteiger partial charge in [-0.25, -0.2) is 8.78 Å². The average Bonchev–Trinajstić information content (AvgIpc) is 2.28. The summed E-state index contributed by atoms with van der Waals surface area (Å²) in [7, 11) is 0. The van der Waals surface area contributed by atoms with Crippen molar-refractivity contribution in [3.05, 3.63) is 35.4 Å². The van der Waals surface area contributed by atoms with Crippen molar-refractivity contribution in [1.29, 1.82) is 0 Å². The minimum atomic E-state index is -0.904. The Morgan fingerprint density at radius 1 is 1.35 bits per heavy atom. The van der Waals surface area contributed by atoms with Crippen LogP contribution in [0.3, 0.4) is 0 Å². The molecule has 0 aliphatic carbocycles. The fourth-order valence-electron chi connectivity index (χ4n) is 1.17. The van der Waals surface area contributed by atoms with Crippen LogP contribution in [-0.2, 0) is 4.74 Å². The molecule has 2 N–H and O–H groups in total. The quantitative estimate of drug-likeness (QED) is 0.725. The fourth-order valence-corrected chi connectivity index (χ4v) is 1.17. The summed E-state index contributed by atoms with van der Waals surface area (Å²) < 4.78 is 30.7. The summed E-state index contributed by atoms with van der Waals surface area (Å²) >= 11 is 0. The van der Waals surface area contributed by atoms with Gasteiger partial charge in [0.05, 0.1) is 25.4 Å². The van der Waals surface area contributed by atoms with E-state index in [1.807, 2.05) is 0 Å². The predicted octanol–water partition coefficient (Wildman–Crippen LogP) is 0.703. The fraction of sp³-hybridized carbons (Fsp3) is 0.364. The minimum Gasteiger partial charge on any atom is -0.394 e. The molecule has 1 aromatic carbocycles. The molecule has 0 bridgehead atoms. The van der Waals surface area contributed by atoms with E-state index in [0.29, 0.717) is 6.07 Å². The molecule has 0 saturated carbocycles. The Morgan fingerprint density at radius 3 is 2.76 bits per heavy atom. The van der Waals surface area contributed by atoms with Crippen molar-refractivity contribution in [3.8, 4) is 0 Å². The summed E-state index contributed by atoms with van der Waals surface area (Å²) in [6.45, 7) is 0.492. The van der Waals surface area contributed by atoms with Gasteiger partial charge in [-0.1, -0.05) is 0 Å². The number of ether oxygens (including phenoxy) is 1. The number of carbonyl (C=O) groups excluding carboxylic acids is 1. The molecule has 0 spiro atoms. The zero-order valence-electron chi connectivity index (χ0n) is 9.08. The molecule has 0 aromatic heterocycles. The van der Waals surface area contributed by atoms with E-state index in [1.54, 1.807) is 0 Å². The van der Waals surface area contributed by atoms with Gasteiger partial charge in [0.1, 0.15) is 11.6 Å². The number of hydrogen-bond donors (Lipinski definition) is 2. The molecule has 0 atom stereocenters. The van der Waals surface area contributed by atoms with Gasteiger partial charge in [0.15, 0.2) is 0 Å². The van der Waals surface area contributed by atoms with Gasteiger partial charge < -0.3 is 15.2 Å². The zero-order valence-corrected chi connectivity index (χ0v) is 9.08. The van der Waals surface area contributed by atoms with Crippen LogP contribution in [0.4, 0.5) is 8.78 Å². The second-order valence-electron chi connectivity index (χ2n) is 3.22. The van der Waals surface area contributed by atoms with Gasteiger partial charge in [-0.2, -0.15) is 0 Å². The standard InChI is InChI=1S/C11H13F2NO3/c12-8-1-2-9(10(13)7-8)11(16)14-3-5-17-6-4-15/h1-2,7,15H,3-6H2,(H,14,16). The Kier molecular flexibility index (Phi) is 5.51. The van der Waals surface area contributed by atoms with E-state index in [1.165, 1.54) is 0 Å². The van der Waals surface area contributed by atoms with Gasteiger partial charge in [-0.15, -0.1) is 0 Å². The number of aliphatic hydroxyl groups excluding tert-OH is 1. The molecule has 0 saturated heterocycles. The second kappa shape index (κ2) is 6.93. The highest BCUT2D eigenvalue weighted by Gasteiger charge is 2.11. The molecule has 4 nitrogen and oxygen atoms in total. The molecule has 6 heteroatoms. The van der Waals surface area contributed by atoms with Crippen LogP contribution >= 0.6 is 0 Å². The molecule has 1 aromatic rings. The Morgan fingerprint density at radius 2 is 2.12 bits per heavy atom. The molecule has 1 amide bonds. The van der Waals surface area contributed by atoms with Crippen molar-refractivity contribution in [2.75, 3.05) is 26.4 Å². The first-order valence-electron chi connectivity index (χ1n) is 5.07. The Balaban J connectivity index is 2.42. The van der Waals surface area contributed by atoms with Gasteiger partial charge in [0.2, 0.25) is 0 Å². The Hall–Kier alpha value is -1.53. The average molecular weight is 245 g/mol. The molecule has 94 valence electrons. The third-order valence-corrected chi connectivity index (χ3v) is 1.94. The van der Waals surface area contributed by atoms with Crippen molar-refractivity contribution in [1.82, 2.24) is 5.32 Å². The lowest BCUT2D eigenvalue weighted by Gasteiger charge is -2.06. The van der Waals surface area contributed by atoms with Crippen LogP contribution in [0, 0.1) is 11.6 Å². The summed E-state index contributed by atoms with van der Waals surface area (Å²) in [5.41, 5.74) is -0.214. The molecule has 17 heavy (non-hydrogen) atoms. The lowest BCUT2D eigenvalue weighted by molar-refractivity contribution is 0.0835. The van der Waals surface area contributed by atoms with E-state index in [4.69, 9.17) is 9.84 Å². The predicted molar refractivity (Wildman–Crippen MR) is 56.6 cm³/mol. The molecular formula is C11H13F2NO3. The van der Waals surface area contributed by atoms with Crippen LogP contribution in [0.25, 0.3) is 0 Å². The van der Waals surface area contributed by atoms with Crippen molar-refractivity contribution >= 4 is 5.91 Å². The van der Waals surface area contributed by atoms with Gasteiger partial charge in [-0.3, -0.25) is 4.79 Å². The number of aliphatic hydroxyl groups is 1. The molecule has 0 aliphatic rings. The van der Waals surface area contributed by atoms with Crippen LogP contribution < -0.4 is 5.32 Å². The topological polar surface area (TPSA) is 58.6 Å². The van der Waals surface area contributed by atoms with E-state index in [-0.39, 0.29) is 31.9 Å². The molecule has 0 heterocycles. The number of carbonyl (C=O) groups is 1. The summed E-state index contributed by atoms with van der Waals surface area (Å²) in [5.74, 6) is -2.26. The third-order valence-electron chi connectivity index (χ3n) is 1.94. The van der Waals surface area contributed by atoms with E-state index < -0.39 is 17.5 Å². The van der Waals surface area contributed by atoms with E-state index >= 15 is 0 Å². The molecule has 1 rings (SSSR count). The van der Waals surface area contributed by atoms with Gasteiger partial charge >= 0.3 is 0 Å². The highest BCUT2D eigenvalue weighted by molar-refractivity contribution is 5.94. The van der Waals surface area contributed by atoms with Gasteiger partial charge in [0, 0.05) is 12.6 Å². The van der Waals surface area contributed by atoms with Crippen LogP contribution in [0.15, 0.2) is 18.2 Å². The smallest absolute Gasteiger partial charge is 0.254 e. The van der Waals surface area contributed by atoms with Crippen LogP contribution in [-0.4, -0.2) is 37.4 Å². The monoisotopic (exact) mass is 245 g/mol. The number of benzene rings is 1. The summed E-state index contributed by atoms with van der Waals surface area (Å²) in [6.07, 6.45) is 0. The second-order valence-corrected chi connectivity index (χ2v) is 3.22. The number of halogens is 2. The number of hydrogen-bond acceptors (Lipinski definition) is 3. The summed E-state index contributed by atoms with van der Waals surface area (Å²) in [5, 5.41) is 10.8. The number of rotatable bonds is 6. The first-order chi connectivity index (χ1) is 8.15. The van der Waals surface area contributed by atoms with Gasteiger partial charge in [-0.05, 0) is 12.1 Å². The number of nitrogens with one attached hydrogen (secondary N) is 1. The largest absolute Gasteiger partial charge is 0.394 e. The molecule has 0 aliphatic heterocycles. The van der Waals surface area contributed by atoms with Crippen molar-refractivity contribution in [2.45, 2.75) is 0 Å². The number of amides is 1. The van der Waals surface area contributed by atoms with Crippen LogP contribution in [0.5, 0.6) is 0 Å². The normalized spacial score (nSPS) is 10.3. The lowest BCUT2D eigenvalue weighted by Crippen LogP contribution is -2.28. The SMILES string of the molecule is O=C(NCCOCCO)c1ccc(F)cc1F. The van der Waals surface area contributed by atoms with Crippen LogP contribution in [0.1, 0.15) is 10.4 Å². The van der Waals surface area contributed by atoms with Gasteiger partial charge in [0.25, 0.3) is 5.91 Å². The Bertz CT molecular complexity index is 385. The zero-order chi connectivity index (χ0) is 12.7. The summed E-state index contributed by atoms with van der Waals surface area (Å²) in [6, 6.07) is 2.74. The van der Waals surface area contributed by atoms with Crippen LogP contribution in [0.2, 0.25) is 0 Å². The lowest BCUT2D eigenvalue weighted by atomic mass is 10.2. The van der Waals surface area contributed by atoms with Crippen molar-refractivity contribution in [2.24, 2.45) is 0 Å². The minimum absolute atomic E-state index is 0.0967. The maximum atomic E-state index is 13.2. The highest BCUT2D eigenvalue weighted by atomic mass is 19.1. The Labute approximate surface area is 97.2 Å². The molecule has 0 unspecified atom stereocenters. The maximum Gasteiger partial charge on any atom is 0.254 e. The summed E-state index contributed by atoms with van der Waals surface area (Å²) in [4.78, 5) is 11.4.